The molecule has 0 saturated heterocycles. The lowest BCUT2D eigenvalue weighted by molar-refractivity contribution is 0.842. The van der Waals surface area contributed by atoms with E-state index in [0.717, 1.165) is 10.2 Å². The van der Waals surface area contributed by atoms with Crippen LogP contribution in [-0.4, -0.2) is 4.57 Å². The molecular formula is C11H13BrN2. The molecule has 2 nitrogen and oxygen atoms in total. The van der Waals surface area contributed by atoms with E-state index < -0.39 is 0 Å². The first-order valence-corrected chi connectivity index (χ1v) is 5.38. The Morgan fingerprint density at radius 2 is 2.14 bits per heavy atom. The van der Waals surface area contributed by atoms with Crippen LogP contribution in [0.2, 0.25) is 0 Å². The van der Waals surface area contributed by atoms with Crippen molar-refractivity contribution in [3.05, 3.63) is 33.9 Å². The van der Waals surface area contributed by atoms with Gasteiger partial charge in [-0.3, -0.25) is 0 Å². The summed E-state index contributed by atoms with van der Waals surface area (Å²) in [4.78, 5) is 0. The molecule has 2 N–H and O–H groups in total. The number of nitrogens with two attached hydrogens (primary N) is 1. The zero-order valence-corrected chi connectivity index (χ0v) is 9.93. The van der Waals surface area contributed by atoms with E-state index >= 15 is 0 Å². The van der Waals surface area contributed by atoms with Gasteiger partial charge in [-0.1, -0.05) is 18.2 Å². The maximum Gasteiger partial charge on any atom is 0.0521 e. The van der Waals surface area contributed by atoms with Gasteiger partial charge in [0.25, 0.3) is 0 Å². The average molecular weight is 253 g/mol. The van der Waals surface area contributed by atoms with E-state index in [1.165, 1.54) is 16.5 Å². The summed E-state index contributed by atoms with van der Waals surface area (Å²) >= 11 is 3.60. The van der Waals surface area contributed by atoms with E-state index in [0.29, 0.717) is 6.54 Å². The van der Waals surface area contributed by atoms with E-state index in [4.69, 9.17) is 5.73 Å². The highest BCUT2D eigenvalue weighted by atomic mass is 79.9. The molecule has 0 radical (unpaired) electrons. The first-order valence-electron chi connectivity index (χ1n) is 4.59. The number of aromatic nitrogens is 1. The molecule has 0 unspecified atom stereocenters. The van der Waals surface area contributed by atoms with E-state index in [1.54, 1.807) is 0 Å². The van der Waals surface area contributed by atoms with Crippen LogP contribution < -0.4 is 5.73 Å². The Bertz CT molecular complexity index is 485. The molecule has 2 rings (SSSR count). The van der Waals surface area contributed by atoms with Gasteiger partial charge in [-0.2, -0.15) is 0 Å². The van der Waals surface area contributed by atoms with Crippen LogP contribution >= 0.6 is 15.9 Å². The van der Waals surface area contributed by atoms with Crippen LogP contribution in [0.1, 0.15) is 11.3 Å². The molecule has 14 heavy (non-hydrogen) atoms. The Morgan fingerprint density at radius 3 is 2.71 bits per heavy atom. The molecule has 0 aliphatic rings. The summed E-state index contributed by atoms with van der Waals surface area (Å²) in [5.74, 6) is 0. The highest BCUT2D eigenvalue weighted by molar-refractivity contribution is 9.10. The van der Waals surface area contributed by atoms with Gasteiger partial charge >= 0.3 is 0 Å². The van der Waals surface area contributed by atoms with Crippen molar-refractivity contribution in [1.82, 2.24) is 4.57 Å². The van der Waals surface area contributed by atoms with Crippen LogP contribution in [0.5, 0.6) is 0 Å². The van der Waals surface area contributed by atoms with Crippen molar-refractivity contribution in [2.75, 3.05) is 0 Å². The number of hydrogen-bond acceptors (Lipinski definition) is 1. The number of fused-ring (bicyclic) bond motifs is 1. The second-order valence-corrected chi connectivity index (χ2v) is 4.29. The fourth-order valence-electron chi connectivity index (χ4n) is 1.95. The van der Waals surface area contributed by atoms with Crippen molar-refractivity contribution in [1.29, 1.82) is 0 Å². The number of nitrogens with zero attached hydrogens (tertiary/aromatic N) is 1. The largest absolute Gasteiger partial charge is 0.345 e. The smallest absolute Gasteiger partial charge is 0.0521 e. The van der Waals surface area contributed by atoms with Crippen LogP contribution in [0.15, 0.2) is 22.7 Å². The summed E-state index contributed by atoms with van der Waals surface area (Å²) in [6.45, 7) is 2.68. The van der Waals surface area contributed by atoms with Gasteiger partial charge in [0, 0.05) is 29.1 Å². The second kappa shape index (κ2) is 3.41. The number of benzene rings is 1. The number of aryl methyl sites for hydroxylation is 2. The Morgan fingerprint density at radius 1 is 1.43 bits per heavy atom. The molecule has 0 spiro atoms. The van der Waals surface area contributed by atoms with E-state index in [9.17, 15) is 0 Å². The lowest BCUT2D eigenvalue weighted by Gasteiger charge is -2.02. The fraction of sp³-hybridized carbons (Fsp3) is 0.273. The standard InChI is InChI=1S/C11H13BrN2/c1-7-4-3-5-8-10(12)9(6-13)14(2)11(7)8/h3-5H,6,13H2,1-2H3. The van der Waals surface area contributed by atoms with Crippen LogP contribution in [0.3, 0.4) is 0 Å². The number of hydrogen-bond donors (Lipinski definition) is 1. The molecule has 0 aliphatic carbocycles. The first kappa shape index (κ1) is 9.74. The highest BCUT2D eigenvalue weighted by Crippen LogP contribution is 2.31. The molecule has 1 aromatic heterocycles. The lowest BCUT2D eigenvalue weighted by Crippen LogP contribution is -2.03. The van der Waals surface area contributed by atoms with Crippen molar-refractivity contribution in [3.63, 3.8) is 0 Å². The normalized spacial score (nSPS) is 11.1. The Kier molecular flexibility index (Phi) is 2.37. The van der Waals surface area contributed by atoms with E-state index in [2.05, 4.69) is 52.7 Å². The van der Waals surface area contributed by atoms with Crippen LogP contribution in [0, 0.1) is 6.92 Å². The second-order valence-electron chi connectivity index (χ2n) is 3.49. The summed E-state index contributed by atoms with van der Waals surface area (Å²) in [5, 5.41) is 1.24. The van der Waals surface area contributed by atoms with Gasteiger partial charge in [-0.25, -0.2) is 0 Å². The molecule has 74 valence electrons. The molecule has 0 aliphatic heterocycles. The average Bonchev–Trinajstić information content (AvgIpc) is 2.41. The Balaban J connectivity index is 2.94. The van der Waals surface area contributed by atoms with E-state index in [-0.39, 0.29) is 0 Å². The van der Waals surface area contributed by atoms with Crippen molar-refractivity contribution in [2.45, 2.75) is 13.5 Å². The van der Waals surface area contributed by atoms with E-state index in [1.807, 2.05) is 0 Å². The van der Waals surface area contributed by atoms with Gasteiger partial charge in [-0.05, 0) is 28.4 Å². The van der Waals surface area contributed by atoms with Gasteiger partial charge in [0.2, 0.25) is 0 Å². The number of rotatable bonds is 1. The molecule has 1 aromatic carbocycles. The Hall–Kier alpha value is -0.800. The van der Waals surface area contributed by atoms with Gasteiger partial charge < -0.3 is 10.3 Å². The fourth-order valence-corrected chi connectivity index (χ4v) is 2.69. The maximum atomic E-state index is 5.71. The first-order chi connectivity index (χ1) is 6.66. The van der Waals surface area contributed by atoms with Crippen molar-refractivity contribution in [3.8, 4) is 0 Å². The highest BCUT2D eigenvalue weighted by Gasteiger charge is 2.12. The molecule has 3 heteroatoms. The molecule has 0 amide bonds. The lowest BCUT2D eigenvalue weighted by atomic mass is 10.2. The van der Waals surface area contributed by atoms with Crippen molar-refractivity contribution in [2.24, 2.45) is 12.8 Å². The molecule has 0 fully saturated rings. The molecule has 1 heterocycles. The van der Waals surface area contributed by atoms with Gasteiger partial charge in [-0.15, -0.1) is 0 Å². The predicted molar refractivity (Wildman–Crippen MR) is 63.2 cm³/mol. The van der Waals surface area contributed by atoms with Crippen LogP contribution in [-0.2, 0) is 13.6 Å². The molecule has 0 atom stereocenters. The van der Waals surface area contributed by atoms with Crippen molar-refractivity contribution >= 4 is 26.8 Å². The minimum absolute atomic E-state index is 0.561. The zero-order chi connectivity index (χ0) is 10.3. The summed E-state index contributed by atoms with van der Waals surface area (Å²) in [6, 6.07) is 6.31. The van der Waals surface area contributed by atoms with Crippen molar-refractivity contribution < 1.29 is 0 Å². The predicted octanol–water partition coefficient (Wildman–Crippen LogP) is 2.71. The third-order valence-electron chi connectivity index (χ3n) is 2.66. The molecule has 0 saturated carbocycles. The maximum absolute atomic E-state index is 5.71. The van der Waals surface area contributed by atoms with Gasteiger partial charge in [0.05, 0.1) is 5.52 Å². The zero-order valence-electron chi connectivity index (χ0n) is 8.34. The molecule has 0 bridgehead atoms. The minimum atomic E-state index is 0.561. The van der Waals surface area contributed by atoms with Gasteiger partial charge in [0.1, 0.15) is 0 Å². The monoisotopic (exact) mass is 252 g/mol. The third-order valence-corrected chi connectivity index (χ3v) is 3.55. The Labute approximate surface area is 91.8 Å². The molecular weight excluding hydrogens is 240 g/mol. The van der Waals surface area contributed by atoms with Gasteiger partial charge in [0.15, 0.2) is 0 Å². The number of halogens is 1. The topological polar surface area (TPSA) is 30.9 Å². The number of para-hydroxylation sites is 1. The third kappa shape index (κ3) is 1.20. The summed E-state index contributed by atoms with van der Waals surface area (Å²) in [5.41, 5.74) is 9.41. The quantitative estimate of drug-likeness (QED) is 0.832. The minimum Gasteiger partial charge on any atom is -0.345 e. The summed E-state index contributed by atoms with van der Waals surface area (Å²) < 4.78 is 3.29. The SMILES string of the molecule is Cc1cccc2c(Br)c(CN)n(C)c12. The van der Waals surface area contributed by atoms with Crippen LogP contribution in [0.4, 0.5) is 0 Å². The molecule has 2 aromatic rings. The summed E-state index contributed by atoms with van der Waals surface area (Å²) in [6.07, 6.45) is 0. The van der Waals surface area contributed by atoms with Crippen LogP contribution in [0.25, 0.3) is 10.9 Å². The summed E-state index contributed by atoms with van der Waals surface area (Å²) in [7, 11) is 2.06.